The fourth-order valence-electron chi connectivity index (χ4n) is 3.58. The highest BCUT2D eigenvalue weighted by Gasteiger charge is 2.56. The van der Waals surface area contributed by atoms with Crippen LogP contribution in [0.5, 0.6) is 0 Å². The van der Waals surface area contributed by atoms with E-state index in [9.17, 15) is 4.57 Å². The molecule has 29 heavy (non-hydrogen) atoms. The number of nitrogens with two attached hydrogens (primary N) is 2. The molecule has 1 heterocycles. The summed E-state index contributed by atoms with van der Waals surface area (Å²) in [6, 6.07) is 0. The van der Waals surface area contributed by atoms with Gasteiger partial charge in [-0.3, -0.25) is 4.57 Å². The second kappa shape index (κ2) is 9.16. The Hall–Kier alpha value is -1.41. The first-order chi connectivity index (χ1) is 13.4. The lowest BCUT2D eigenvalue weighted by atomic mass is 10.2. The normalized spacial score (nSPS) is 21.8. The maximum atomic E-state index is 13.2. The van der Waals surface area contributed by atoms with Gasteiger partial charge in [0.2, 0.25) is 5.95 Å². The zero-order chi connectivity index (χ0) is 22.0. The van der Waals surface area contributed by atoms with Crippen molar-refractivity contribution in [2.24, 2.45) is 5.92 Å². The highest BCUT2D eigenvalue weighted by molar-refractivity contribution is 7.53. The quantitative estimate of drug-likeness (QED) is 0.508. The van der Waals surface area contributed by atoms with E-state index in [0.29, 0.717) is 29.7 Å². The molecule has 4 N–H and O–H groups in total. The molecule has 2 atom stereocenters. The van der Waals surface area contributed by atoms with Crippen LogP contribution in [0.2, 0.25) is 0 Å². The predicted molar refractivity (Wildman–Crippen MR) is 116 cm³/mol. The molecule has 1 aliphatic carbocycles. The van der Waals surface area contributed by atoms with E-state index in [4.69, 9.17) is 25.3 Å². The van der Waals surface area contributed by atoms with Gasteiger partial charge in [0, 0.05) is 13.6 Å². The Balaban J connectivity index is 2.17. The Labute approximate surface area is 174 Å². The van der Waals surface area contributed by atoms with Crippen LogP contribution in [0.25, 0.3) is 0 Å². The number of aromatic nitrogens is 2. The Morgan fingerprint density at radius 2 is 1.79 bits per heavy atom. The third kappa shape index (κ3) is 6.04. The summed E-state index contributed by atoms with van der Waals surface area (Å²) in [7, 11) is -1.49. The molecule has 1 aromatic rings. The van der Waals surface area contributed by atoms with Crippen LogP contribution in [-0.2, 0) is 18.3 Å². The van der Waals surface area contributed by atoms with Crippen molar-refractivity contribution in [1.82, 2.24) is 9.97 Å². The molecule has 9 nitrogen and oxygen atoms in total. The minimum Gasteiger partial charge on any atom is -0.394 e. The number of nitrogens with zero attached hydrogens (tertiary/aromatic N) is 3. The molecule has 2 rings (SSSR count). The lowest BCUT2D eigenvalue weighted by molar-refractivity contribution is 0.0314. The van der Waals surface area contributed by atoms with Gasteiger partial charge in [-0.25, -0.2) is 4.98 Å². The average Bonchev–Trinajstić information content (AvgIpc) is 3.28. The van der Waals surface area contributed by atoms with Crippen LogP contribution in [-0.4, -0.2) is 47.7 Å². The summed E-state index contributed by atoms with van der Waals surface area (Å²) in [5.41, 5.74) is 12.6. The van der Waals surface area contributed by atoms with Crippen molar-refractivity contribution in [3.63, 3.8) is 0 Å². The minimum absolute atomic E-state index is 0.0892. The van der Waals surface area contributed by atoms with Gasteiger partial charge < -0.3 is 30.2 Å². The molecule has 0 spiro atoms. The maximum absolute atomic E-state index is 13.2. The van der Waals surface area contributed by atoms with Gasteiger partial charge in [-0.05, 0) is 47.0 Å². The molecule has 0 aromatic carbocycles. The van der Waals surface area contributed by atoms with Crippen LogP contribution < -0.4 is 16.4 Å². The van der Waals surface area contributed by atoms with Crippen molar-refractivity contribution in [2.75, 3.05) is 36.3 Å². The van der Waals surface area contributed by atoms with Crippen LogP contribution in [0.4, 0.5) is 17.5 Å². The third-order valence-corrected chi connectivity index (χ3v) is 6.85. The number of anilines is 3. The summed E-state index contributed by atoms with van der Waals surface area (Å²) in [6.45, 7) is 11.8. The Kier molecular flexibility index (Phi) is 7.54. The second-order valence-electron chi connectivity index (χ2n) is 8.33. The highest BCUT2D eigenvalue weighted by atomic mass is 31.2. The van der Waals surface area contributed by atoms with Crippen molar-refractivity contribution in [2.45, 2.75) is 72.2 Å². The number of ether oxygens (including phenoxy) is 1. The number of aryl methyl sites for hydroxylation is 1. The molecule has 1 fully saturated rings. The fourth-order valence-corrected chi connectivity index (χ4v) is 5.45. The van der Waals surface area contributed by atoms with Crippen LogP contribution in [0.1, 0.15) is 53.2 Å². The molecule has 0 amide bonds. The van der Waals surface area contributed by atoms with Crippen molar-refractivity contribution in [3.05, 3.63) is 5.69 Å². The van der Waals surface area contributed by atoms with Crippen LogP contribution in [0.3, 0.4) is 0 Å². The molecule has 1 aliphatic rings. The Bertz CT molecular complexity index is 746. The highest BCUT2D eigenvalue weighted by Crippen LogP contribution is 2.56. The topological polar surface area (TPSA) is 126 Å². The van der Waals surface area contributed by atoms with Gasteiger partial charge in [-0.1, -0.05) is 13.3 Å². The van der Waals surface area contributed by atoms with Gasteiger partial charge in [-0.15, -0.1) is 0 Å². The number of rotatable bonds is 11. The minimum atomic E-state index is -3.38. The molecule has 0 saturated heterocycles. The van der Waals surface area contributed by atoms with E-state index in [2.05, 4.69) is 16.9 Å². The molecule has 0 bridgehead atoms. The van der Waals surface area contributed by atoms with E-state index in [-0.39, 0.29) is 24.5 Å². The van der Waals surface area contributed by atoms with Gasteiger partial charge in [-0.2, -0.15) is 4.98 Å². The van der Waals surface area contributed by atoms with E-state index in [0.717, 1.165) is 12.8 Å². The van der Waals surface area contributed by atoms with E-state index in [1.807, 2.05) is 39.6 Å². The van der Waals surface area contributed by atoms with Crippen molar-refractivity contribution in [1.29, 1.82) is 0 Å². The van der Waals surface area contributed by atoms with Crippen molar-refractivity contribution < 1.29 is 18.3 Å². The lowest BCUT2D eigenvalue weighted by Crippen LogP contribution is -2.36. The third-order valence-electron chi connectivity index (χ3n) is 4.92. The number of hydrogen-bond donors (Lipinski definition) is 2. The molecule has 0 radical (unpaired) electrons. The Morgan fingerprint density at radius 3 is 2.28 bits per heavy atom. The van der Waals surface area contributed by atoms with Gasteiger partial charge in [0.1, 0.15) is 6.35 Å². The molecule has 10 heteroatoms. The summed E-state index contributed by atoms with van der Waals surface area (Å²) < 4.78 is 30.6. The lowest BCUT2D eigenvalue weighted by Gasteiger charge is -2.29. The molecule has 2 unspecified atom stereocenters. The number of likely N-dealkylation sites (N-methyl/N-ethyl adjacent to an activating group) is 1. The average molecular weight is 430 g/mol. The summed E-state index contributed by atoms with van der Waals surface area (Å²) in [4.78, 5) is 10.3. The van der Waals surface area contributed by atoms with Crippen LogP contribution in [0, 0.1) is 12.8 Å². The first kappa shape index (κ1) is 23.9. The zero-order valence-corrected chi connectivity index (χ0v) is 19.5. The zero-order valence-electron chi connectivity index (χ0n) is 18.6. The monoisotopic (exact) mass is 429 g/mol. The van der Waals surface area contributed by atoms with E-state index in [1.165, 1.54) is 0 Å². The van der Waals surface area contributed by atoms with Gasteiger partial charge in [0.15, 0.2) is 5.82 Å². The predicted octanol–water partition coefficient (Wildman–Crippen LogP) is 3.57. The Morgan fingerprint density at radius 1 is 1.21 bits per heavy atom. The number of hydrogen-bond acceptors (Lipinski definition) is 9. The maximum Gasteiger partial charge on any atom is 0.356 e. The SMILES string of the molecule is CCC1CC1(CN(C)c1nc(N)nc(C)c1N)OCP(=O)(OC(C)C)OC(C)C. The summed E-state index contributed by atoms with van der Waals surface area (Å²) >= 11 is 0. The van der Waals surface area contributed by atoms with Crippen molar-refractivity contribution >= 4 is 25.0 Å². The second-order valence-corrected chi connectivity index (χ2v) is 10.2. The summed E-state index contributed by atoms with van der Waals surface area (Å²) in [5, 5.41) is 0. The summed E-state index contributed by atoms with van der Waals surface area (Å²) in [6.07, 6.45) is 1.27. The van der Waals surface area contributed by atoms with E-state index in [1.54, 1.807) is 6.92 Å². The molecule has 166 valence electrons. The van der Waals surface area contributed by atoms with Crippen LogP contribution in [0.15, 0.2) is 0 Å². The fraction of sp³-hybridized carbons (Fsp3) is 0.789. The molecular weight excluding hydrogens is 393 g/mol. The van der Waals surface area contributed by atoms with Crippen LogP contribution >= 0.6 is 7.60 Å². The van der Waals surface area contributed by atoms with Gasteiger partial charge in [0.05, 0.1) is 29.2 Å². The van der Waals surface area contributed by atoms with Gasteiger partial charge >= 0.3 is 7.60 Å². The molecule has 1 aromatic heterocycles. The standard InChI is InChI=1S/C19H36N5O4P/c1-8-15-9-19(15,26-11-29(25,27-12(2)3)28-13(4)5)10-24(7)17-16(20)14(6)22-18(21)23-17/h12-13,15H,8-11,20H2,1-7H3,(H2,21,22,23). The molecular formula is C19H36N5O4P. The number of nitrogen functional groups attached to an aromatic ring is 2. The first-order valence-corrected chi connectivity index (χ1v) is 11.8. The van der Waals surface area contributed by atoms with Gasteiger partial charge in [0.25, 0.3) is 0 Å². The molecule has 1 saturated carbocycles. The largest absolute Gasteiger partial charge is 0.394 e. The van der Waals surface area contributed by atoms with E-state index >= 15 is 0 Å². The molecule has 0 aliphatic heterocycles. The smallest absolute Gasteiger partial charge is 0.356 e. The van der Waals surface area contributed by atoms with E-state index < -0.39 is 13.2 Å². The van der Waals surface area contributed by atoms with Crippen molar-refractivity contribution in [3.8, 4) is 0 Å². The first-order valence-electron chi connectivity index (χ1n) is 10.1. The summed E-state index contributed by atoms with van der Waals surface area (Å²) in [5.74, 6) is 1.09.